The molecule has 0 fully saturated rings. The number of hydrogen-bond donors (Lipinski definition) is 0. The summed E-state index contributed by atoms with van der Waals surface area (Å²) in [5, 5.41) is 8.33. The zero-order valence-corrected chi connectivity index (χ0v) is 17.5. The smallest absolute Gasteiger partial charge is 0.280 e. The van der Waals surface area contributed by atoms with Crippen LogP contribution in [-0.4, -0.2) is 42.2 Å². The largest absolute Gasteiger partial charge is 0.337 e. The predicted molar refractivity (Wildman–Crippen MR) is 112 cm³/mol. The van der Waals surface area contributed by atoms with Gasteiger partial charge in [-0.1, -0.05) is 30.3 Å². The summed E-state index contributed by atoms with van der Waals surface area (Å²) >= 11 is 0. The van der Waals surface area contributed by atoms with Crippen molar-refractivity contribution in [1.29, 1.82) is 0 Å². The molecule has 0 aliphatic carbocycles. The van der Waals surface area contributed by atoms with Gasteiger partial charge in [-0.3, -0.25) is 9.48 Å². The highest BCUT2D eigenvalue weighted by Crippen LogP contribution is 2.27. The lowest BCUT2D eigenvalue weighted by atomic mass is 10.1. The molecular formula is C22H22F2N6O. The molecule has 9 heteroatoms. The van der Waals surface area contributed by atoms with Crippen LogP contribution in [0.15, 0.2) is 48.8 Å². The summed E-state index contributed by atoms with van der Waals surface area (Å²) in [6.45, 7) is 5.01. The molecule has 160 valence electrons. The molecule has 0 aliphatic heterocycles. The highest BCUT2D eigenvalue weighted by molar-refractivity contribution is 5.99. The van der Waals surface area contributed by atoms with Gasteiger partial charge < -0.3 is 4.90 Å². The Morgan fingerprint density at radius 2 is 1.90 bits per heavy atom. The van der Waals surface area contributed by atoms with Crippen LogP contribution in [0.1, 0.15) is 40.7 Å². The molecule has 0 atom stereocenters. The number of carbonyl (C=O) groups is 1. The monoisotopic (exact) mass is 424 g/mol. The van der Waals surface area contributed by atoms with Crippen LogP contribution >= 0.6 is 0 Å². The van der Waals surface area contributed by atoms with Crippen LogP contribution < -0.4 is 0 Å². The van der Waals surface area contributed by atoms with Crippen LogP contribution in [0.3, 0.4) is 0 Å². The van der Waals surface area contributed by atoms with Crippen molar-refractivity contribution < 1.29 is 13.6 Å². The first kappa shape index (κ1) is 20.6. The van der Waals surface area contributed by atoms with E-state index in [1.54, 1.807) is 37.5 Å². The van der Waals surface area contributed by atoms with Crippen molar-refractivity contribution in [2.24, 2.45) is 0 Å². The summed E-state index contributed by atoms with van der Waals surface area (Å²) in [5.41, 5.74) is 2.90. The van der Waals surface area contributed by atoms with Crippen molar-refractivity contribution in [3.05, 3.63) is 71.3 Å². The molecule has 0 spiro atoms. The van der Waals surface area contributed by atoms with Crippen LogP contribution in [0.4, 0.5) is 8.78 Å². The van der Waals surface area contributed by atoms with E-state index in [2.05, 4.69) is 15.2 Å². The van der Waals surface area contributed by atoms with E-state index in [1.807, 2.05) is 24.6 Å². The van der Waals surface area contributed by atoms with Gasteiger partial charge in [0, 0.05) is 37.0 Å². The molecule has 1 amide bonds. The summed E-state index contributed by atoms with van der Waals surface area (Å²) in [6.07, 6.45) is 0.264. The first-order valence-electron chi connectivity index (χ1n) is 9.89. The fraction of sp³-hybridized carbons (Fsp3) is 0.273. The Morgan fingerprint density at radius 3 is 2.55 bits per heavy atom. The Labute approximate surface area is 177 Å². The summed E-state index contributed by atoms with van der Waals surface area (Å²) in [6, 6.07) is 10.3. The lowest BCUT2D eigenvalue weighted by Gasteiger charge is -2.16. The molecule has 0 saturated heterocycles. The van der Waals surface area contributed by atoms with Crippen LogP contribution in [0.25, 0.3) is 16.9 Å². The van der Waals surface area contributed by atoms with Crippen molar-refractivity contribution in [3.63, 3.8) is 0 Å². The van der Waals surface area contributed by atoms with Crippen molar-refractivity contribution >= 4 is 11.6 Å². The van der Waals surface area contributed by atoms with E-state index in [1.165, 1.54) is 17.2 Å². The van der Waals surface area contributed by atoms with Gasteiger partial charge >= 0.3 is 0 Å². The maximum Gasteiger partial charge on any atom is 0.280 e. The lowest BCUT2D eigenvalue weighted by Crippen LogP contribution is -2.26. The minimum absolute atomic E-state index is 0.106. The van der Waals surface area contributed by atoms with Crippen LogP contribution in [-0.2, 0) is 13.1 Å². The number of benzene rings is 1. The predicted octanol–water partition coefficient (Wildman–Crippen LogP) is 4.13. The lowest BCUT2D eigenvalue weighted by molar-refractivity contribution is 0.0786. The number of rotatable bonds is 6. The molecular weight excluding hydrogens is 402 g/mol. The Balaban J connectivity index is 1.74. The second kappa shape index (κ2) is 8.25. The van der Waals surface area contributed by atoms with Gasteiger partial charge in [0.1, 0.15) is 11.3 Å². The number of amides is 1. The zero-order chi connectivity index (χ0) is 22.1. The van der Waals surface area contributed by atoms with E-state index in [0.717, 1.165) is 22.3 Å². The number of fused-ring (bicyclic) bond motifs is 1. The summed E-state index contributed by atoms with van der Waals surface area (Å²) in [5.74, 6) is -0.350. The minimum atomic E-state index is -2.77. The van der Waals surface area contributed by atoms with Gasteiger partial charge in [-0.2, -0.15) is 10.2 Å². The first-order chi connectivity index (χ1) is 14.9. The number of alkyl halides is 2. The molecule has 4 aromatic rings. The second-order valence-corrected chi connectivity index (χ2v) is 7.26. The molecule has 0 aliphatic rings. The summed E-state index contributed by atoms with van der Waals surface area (Å²) < 4.78 is 30.4. The maximum absolute atomic E-state index is 13.7. The van der Waals surface area contributed by atoms with Crippen molar-refractivity contribution in [1.82, 2.24) is 29.3 Å². The molecule has 1 aromatic carbocycles. The highest BCUT2D eigenvalue weighted by Gasteiger charge is 2.24. The standard InChI is InChI=1S/C22H22F2N6O/c1-4-29-14(2)16(11-25-29)13-28(3)22(31)17-12-26-30-19(20(23)24)10-18(27-21(17)30)15-8-6-5-7-9-15/h5-12,20H,4,13H2,1-3H3. The van der Waals surface area contributed by atoms with Gasteiger partial charge in [0.15, 0.2) is 5.65 Å². The highest BCUT2D eigenvalue weighted by atomic mass is 19.3. The fourth-order valence-electron chi connectivity index (χ4n) is 3.54. The normalized spacial score (nSPS) is 11.4. The van der Waals surface area contributed by atoms with E-state index >= 15 is 0 Å². The number of aryl methyl sites for hydroxylation is 1. The molecule has 3 aromatic heterocycles. The average Bonchev–Trinajstić information content (AvgIpc) is 3.36. The SMILES string of the molecule is CCn1ncc(CN(C)C(=O)c2cnn3c(C(F)F)cc(-c4ccccc4)nc23)c1C. The van der Waals surface area contributed by atoms with Gasteiger partial charge in [0.25, 0.3) is 12.3 Å². The van der Waals surface area contributed by atoms with E-state index < -0.39 is 6.43 Å². The second-order valence-electron chi connectivity index (χ2n) is 7.26. The first-order valence-corrected chi connectivity index (χ1v) is 9.89. The molecule has 0 bridgehead atoms. The molecule has 0 saturated carbocycles. The Hall–Kier alpha value is -3.62. The molecule has 0 radical (unpaired) electrons. The van der Waals surface area contributed by atoms with E-state index in [0.29, 0.717) is 17.8 Å². The molecule has 3 heterocycles. The summed E-state index contributed by atoms with van der Waals surface area (Å²) in [4.78, 5) is 19.2. The Kier molecular flexibility index (Phi) is 5.50. The van der Waals surface area contributed by atoms with Crippen molar-refractivity contribution in [3.8, 4) is 11.3 Å². The number of hydrogen-bond acceptors (Lipinski definition) is 4. The van der Waals surface area contributed by atoms with Gasteiger partial charge in [-0.05, 0) is 19.9 Å². The van der Waals surface area contributed by atoms with Crippen molar-refractivity contribution in [2.45, 2.75) is 33.4 Å². The molecule has 0 N–H and O–H groups in total. The van der Waals surface area contributed by atoms with Crippen molar-refractivity contribution in [2.75, 3.05) is 7.05 Å². The number of nitrogens with zero attached hydrogens (tertiary/aromatic N) is 6. The van der Waals surface area contributed by atoms with Gasteiger partial charge in [0.2, 0.25) is 0 Å². The van der Waals surface area contributed by atoms with Crippen LogP contribution in [0.2, 0.25) is 0 Å². The summed E-state index contributed by atoms with van der Waals surface area (Å²) in [7, 11) is 1.66. The number of halogens is 2. The Bertz CT molecular complexity index is 1230. The number of aromatic nitrogens is 5. The topological polar surface area (TPSA) is 68.3 Å². The van der Waals surface area contributed by atoms with E-state index in [-0.39, 0.29) is 22.8 Å². The average molecular weight is 424 g/mol. The molecule has 4 rings (SSSR count). The van der Waals surface area contributed by atoms with Gasteiger partial charge in [0.05, 0.1) is 18.1 Å². The van der Waals surface area contributed by atoms with E-state index in [9.17, 15) is 13.6 Å². The van der Waals surface area contributed by atoms with E-state index in [4.69, 9.17) is 0 Å². The Morgan fingerprint density at radius 1 is 1.16 bits per heavy atom. The third-order valence-corrected chi connectivity index (χ3v) is 5.28. The van der Waals surface area contributed by atoms with Crippen LogP contribution in [0.5, 0.6) is 0 Å². The number of carbonyl (C=O) groups excluding carboxylic acids is 1. The van der Waals surface area contributed by atoms with Gasteiger partial charge in [-0.15, -0.1) is 0 Å². The molecule has 31 heavy (non-hydrogen) atoms. The molecule has 7 nitrogen and oxygen atoms in total. The molecule has 0 unspecified atom stereocenters. The quantitative estimate of drug-likeness (QED) is 0.467. The maximum atomic E-state index is 13.7. The van der Waals surface area contributed by atoms with Gasteiger partial charge in [-0.25, -0.2) is 18.3 Å². The third-order valence-electron chi connectivity index (χ3n) is 5.28. The zero-order valence-electron chi connectivity index (χ0n) is 17.5. The third kappa shape index (κ3) is 3.78. The minimum Gasteiger partial charge on any atom is -0.337 e. The van der Waals surface area contributed by atoms with Crippen LogP contribution in [0, 0.1) is 6.92 Å². The fourth-order valence-corrected chi connectivity index (χ4v) is 3.54.